The lowest BCUT2D eigenvalue weighted by atomic mass is 10.3. The van der Waals surface area contributed by atoms with Crippen LogP contribution in [0.15, 0.2) is 53.5 Å². The van der Waals surface area contributed by atoms with E-state index in [0.29, 0.717) is 0 Å². The third kappa shape index (κ3) is 2.75. The summed E-state index contributed by atoms with van der Waals surface area (Å²) in [6.45, 7) is 3.39. The van der Waals surface area contributed by atoms with Gasteiger partial charge in [-0.25, -0.2) is 4.98 Å². The van der Waals surface area contributed by atoms with Crippen LogP contribution in [0.4, 0.5) is 11.6 Å². The second kappa shape index (κ2) is 5.72. The minimum atomic E-state index is -0.0645. The molecule has 3 heterocycles. The molecule has 0 aliphatic carbocycles. The molecule has 3 aromatic rings. The molecule has 0 amide bonds. The van der Waals surface area contributed by atoms with E-state index in [0.717, 1.165) is 48.8 Å². The van der Waals surface area contributed by atoms with Gasteiger partial charge < -0.3 is 14.8 Å². The highest BCUT2D eigenvalue weighted by molar-refractivity contribution is 5.75. The van der Waals surface area contributed by atoms with Crippen molar-refractivity contribution in [3.8, 4) is 0 Å². The molecular weight excluding hydrogens is 290 g/mol. The zero-order valence-electron chi connectivity index (χ0n) is 12.6. The Hall–Kier alpha value is -2.89. The van der Waals surface area contributed by atoms with E-state index in [2.05, 4.69) is 19.8 Å². The van der Waals surface area contributed by atoms with E-state index < -0.39 is 0 Å². The average Bonchev–Trinajstić information content (AvgIpc) is 2.61. The summed E-state index contributed by atoms with van der Waals surface area (Å²) in [4.78, 5) is 27.9. The molecule has 1 fully saturated rings. The Kier molecular flexibility index (Phi) is 3.42. The Morgan fingerprint density at radius 1 is 0.870 bits per heavy atom. The number of fused-ring (bicyclic) bond motifs is 1. The third-order valence-electron chi connectivity index (χ3n) is 4.13. The van der Waals surface area contributed by atoms with Crippen LogP contribution in [-0.4, -0.2) is 41.1 Å². The molecule has 23 heavy (non-hydrogen) atoms. The lowest BCUT2D eigenvalue weighted by Gasteiger charge is -2.36. The smallest absolute Gasteiger partial charge is 0.249 e. The maximum Gasteiger partial charge on any atom is 0.249 e. The van der Waals surface area contributed by atoms with Crippen LogP contribution in [0.1, 0.15) is 0 Å². The van der Waals surface area contributed by atoms with E-state index in [9.17, 15) is 4.79 Å². The number of para-hydroxylation sites is 2. The number of piperazine rings is 1. The number of nitrogens with zero attached hydrogens (tertiary/aromatic N) is 4. The van der Waals surface area contributed by atoms with Crippen LogP contribution in [0.3, 0.4) is 0 Å². The summed E-state index contributed by atoms with van der Waals surface area (Å²) in [5.41, 5.74) is 1.77. The molecule has 0 saturated carbocycles. The van der Waals surface area contributed by atoms with Crippen LogP contribution in [0.25, 0.3) is 11.0 Å². The van der Waals surface area contributed by atoms with Gasteiger partial charge in [0.25, 0.3) is 0 Å². The van der Waals surface area contributed by atoms with Crippen molar-refractivity contribution in [1.29, 1.82) is 0 Å². The van der Waals surface area contributed by atoms with Gasteiger partial charge in [-0.05, 0) is 18.2 Å². The van der Waals surface area contributed by atoms with Gasteiger partial charge in [0.05, 0.1) is 17.2 Å². The number of hydrogen-bond acceptors (Lipinski definition) is 5. The fourth-order valence-electron chi connectivity index (χ4n) is 2.90. The van der Waals surface area contributed by atoms with Crippen molar-refractivity contribution in [2.24, 2.45) is 0 Å². The standard InChI is InChI=1S/C17H17N5O/c23-17-7-3-6-15(20-17)21-8-10-22(11-9-21)16-12-18-13-4-1-2-5-14(13)19-16/h1-7,12H,8-11H2,(H,20,23). The van der Waals surface area contributed by atoms with Crippen LogP contribution in [0.5, 0.6) is 0 Å². The maximum absolute atomic E-state index is 11.4. The van der Waals surface area contributed by atoms with Crippen LogP contribution >= 0.6 is 0 Å². The number of H-pyrrole nitrogens is 1. The number of nitrogens with one attached hydrogen (secondary N) is 1. The number of aromatic nitrogens is 3. The Balaban J connectivity index is 1.51. The summed E-state index contributed by atoms with van der Waals surface area (Å²) in [5.74, 6) is 1.78. The molecular formula is C17H17N5O. The average molecular weight is 307 g/mol. The van der Waals surface area contributed by atoms with Gasteiger partial charge in [0.2, 0.25) is 5.56 Å². The highest BCUT2D eigenvalue weighted by Gasteiger charge is 2.19. The van der Waals surface area contributed by atoms with Gasteiger partial charge in [-0.15, -0.1) is 0 Å². The molecule has 0 radical (unpaired) electrons. The zero-order chi connectivity index (χ0) is 15.6. The van der Waals surface area contributed by atoms with E-state index in [1.165, 1.54) is 6.07 Å². The molecule has 1 N–H and O–H groups in total. The van der Waals surface area contributed by atoms with E-state index in [1.54, 1.807) is 6.07 Å². The summed E-state index contributed by atoms with van der Waals surface area (Å²) in [7, 11) is 0. The monoisotopic (exact) mass is 307 g/mol. The largest absolute Gasteiger partial charge is 0.355 e. The van der Waals surface area contributed by atoms with Crippen LogP contribution in [0.2, 0.25) is 0 Å². The molecule has 6 nitrogen and oxygen atoms in total. The first-order valence-corrected chi connectivity index (χ1v) is 7.71. The number of aromatic amines is 1. The van der Waals surface area contributed by atoms with Gasteiger partial charge in [0, 0.05) is 32.2 Å². The zero-order valence-corrected chi connectivity index (χ0v) is 12.6. The fraction of sp³-hybridized carbons (Fsp3) is 0.235. The number of hydrogen-bond donors (Lipinski definition) is 1. The minimum absolute atomic E-state index is 0.0645. The lowest BCUT2D eigenvalue weighted by Crippen LogP contribution is -2.47. The van der Waals surface area contributed by atoms with Gasteiger partial charge in [-0.3, -0.25) is 9.78 Å². The summed E-state index contributed by atoms with van der Waals surface area (Å²) in [6.07, 6.45) is 1.84. The molecule has 0 spiro atoms. The van der Waals surface area contributed by atoms with Gasteiger partial charge in [0.15, 0.2) is 0 Å². The number of pyridine rings is 1. The molecule has 0 unspecified atom stereocenters. The topological polar surface area (TPSA) is 65.1 Å². The number of benzene rings is 1. The third-order valence-corrected chi connectivity index (χ3v) is 4.13. The molecule has 0 bridgehead atoms. The van der Waals surface area contributed by atoms with E-state index in [-0.39, 0.29) is 5.56 Å². The molecule has 0 atom stereocenters. The first-order valence-electron chi connectivity index (χ1n) is 7.71. The second-order valence-electron chi connectivity index (χ2n) is 5.59. The Labute approximate surface area is 133 Å². The van der Waals surface area contributed by atoms with Crippen LogP contribution < -0.4 is 15.4 Å². The molecule has 2 aromatic heterocycles. The highest BCUT2D eigenvalue weighted by atomic mass is 16.1. The predicted molar refractivity (Wildman–Crippen MR) is 91.0 cm³/mol. The van der Waals surface area contributed by atoms with Gasteiger partial charge in [-0.1, -0.05) is 18.2 Å². The fourth-order valence-corrected chi connectivity index (χ4v) is 2.90. The lowest BCUT2D eigenvalue weighted by molar-refractivity contribution is 0.641. The summed E-state index contributed by atoms with van der Waals surface area (Å²) >= 11 is 0. The van der Waals surface area contributed by atoms with E-state index in [1.807, 2.05) is 36.5 Å². The van der Waals surface area contributed by atoms with Crippen molar-refractivity contribution in [2.45, 2.75) is 0 Å². The van der Waals surface area contributed by atoms with Gasteiger partial charge in [-0.2, -0.15) is 0 Å². The Bertz CT molecular complexity index is 883. The molecule has 1 saturated heterocycles. The van der Waals surface area contributed by atoms with Crippen molar-refractivity contribution in [2.75, 3.05) is 36.0 Å². The molecule has 6 heteroatoms. The number of anilines is 2. The maximum atomic E-state index is 11.4. The molecule has 116 valence electrons. The first kappa shape index (κ1) is 13.8. The van der Waals surface area contributed by atoms with Crippen molar-refractivity contribution in [3.63, 3.8) is 0 Å². The Morgan fingerprint density at radius 2 is 1.61 bits per heavy atom. The highest BCUT2D eigenvalue weighted by Crippen LogP contribution is 2.18. The van der Waals surface area contributed by atoms with Gasteiger partial charge >= 0.3 is 0 Å². The molecule has 4 rings (SSSR count). The molecule has 1 aromatic carbocycles. The van der Waals surface area contributed by atoms with Crippen molar-refractivity contribution < 1.29 is 0 Å². The Morgan fingerprint density at radius 3 is 2.39 bits per heavy atom. The normalized spacial score (nSPS) is 15.1. The first-order chi connectivity index (χ1) is 11.3. The van der Waals surface area contributed by atoms with Crippen LogP contribution in [0, 0.1) is 0 Å². The van der Waals surface area contributed by atoms with Gasteiger partial charge in [0.1, 0.15) is 11.6 Å². The summed E-state index contributed by atoms with van der Waals surface area (Å²) in [6, 6.07) is 13.2. The summed E-state index contributed by atoms with van der Waals surface area (Å²) < 4.78 is 0. The SMILES string of the molecule is O=c1cccc(N2CCN(c3cnc4ccccc4n3)CC2)[nH]1. The van der Waals surface area contributed by atoms with Crippen molar-refractivity contribution in [1.82, 2.24) is 15.0 Å². The minimum Gasteiger partial charge on any atom is -0.355 e. The predicted octanol–water partition coefficient (Wildman–Crippen LogP) is 1.64. The van der Waals surface area contributed by atoms with Crippen molar-refractivity contribution in [3.05, 3.63) is 59.0 Å². The van der Waals surface area contributed by atoms with E-state index >= 15 is 0 Å². The summed E-state index contributed by atoms with van der Waals surface area (Å²) in [5, 5.41) is 0. The quantitative estimate of drug-likeness (QED) is 0.780. The van der Waals surface area contributed by atoms with Crippen molar-refractivity contribution >= 4 is 22.7 Å². The number of rotatable bonds is 2. The van der Waals surface area contributed by atoms with Crippen LogP contribution in [-0.2, 0) is 0 Å². The molecule has 1 aliphatic rings. The molecule has 1 aliphatic heterocycles. The van der Waals surface area contributed by atoms with E-state index in [4.69, 9.17) is 4.98 Å². The second-order valence-corrected chi connectivity index (χ2v) is 5.59.